The van der Waals surface area contributed by atoms with E-state index in [1.807, 2.05) is 0 Å². The van der Waals surface area contributed by atoms with Crippen molar-refractivity contribution in [3.05, 3.63) is 20.8 Å². The first-order valence-corrected chi connectivity index (χ1v) is 5.39. The van der Waals surface area contributed by atoms with Gasteiger partial charge in [-0.2, -0.15) is 0 Å². The van der Waals surface area contributed by atoms with Gasteiger partial charge < -0.3 is 5.73 Å². The minimum atomic E-state index is -1.79. The van der Waals surface area contributed by atoms with Gasteiger partial charge in [0, 0.05) is 0 Å². The number of nitrogen functional groups attached to an aromatic ring is 1. The monoisotopic (exact) mass is 312 g/mol. The first kappa shape index (κ1) is 12.8. The van der Waals surface area contributed by atoms with Crippen molar-refractivity contribution in [2.75, 3.05) is 5.73 Å². The van der Waals surface area contributed by atoms with E-state index >= 15 is 0 Å². The summed E-state index contributed by atoms with van der Waals surface area (Å²) in [5.74, 6) is -0.0395. The van der Waals surface area contributed by atoms with Crippen LogP contribution in [0, 0.1) is 0 Å². The lowest BCUT2D eigenvalue weighted by atomic mass is 10.3. The Kier molecular flexibility index (Phi) is 3.90. The highest BCUT2D eigenvalue weighted by molar-refractivity contribution is 6.67. The Balaban J connectivity index is 3.49. The van der Waals surface area contributed by atoms with Crippen molar-refractivity contribution in [1.82, 2.24) is 4.98 Å². The third-order valence-electron chi connectivity index (χ3n) is 1.32. The van der Waals surface area contributed by atoms with Gasteiger partial charge in [-0.05, 0) is 0 Å². The molecule has 0 aliphatic carbocycles. The SMILES string of the molecule is Nc1nc(C(Cl)(Cl)Cl)c(Cl)c(Cl)c1Cl. The third kappa shape index (κ3) is 2.43. The fraction of sp³-hybridized carbons (Fsp3) is 0.167. The van der Waals surface area contributed by atoms with E-state index in [-0.39, 0.29) is 26.6 Å². The summed E-state index contributed by atoms with van der Waals surface area (Å²) >= 11 is 33.9. The first-order valence-electron chi connectivity index (χ1n) is 3.12. The molecule has 0 unspecified atom stereocenters. The van der Waals surface area contributed by atoms with E-state index in [2.05, 4.69) is 4.98 Å². The van der Waals surface area contributed by atoms with E-state index in [1.54, 1.807) is 0 Å². The van der Waals surface area contributed by atoms with Crippen LogP contribution in [-0.4, -0.2) is 4.98 Å². The fourth-order valence-electron chi connectivity index (χ4n) is 0.719. The van der Waals surface area contributed by atoms with Crippen molar-refractivity contribution in [3.8, 4) is 0 Å². The molecule has 1 heterocycles. The Labute approximate surface area is 110 Å². The molecule has 14 heavy (non-hydrogen) atoms. The zero-order valence-corrected chi connectivity index (χ0v) is 10.8. The molecule has 1 aromatic rings. The Bertz CT molecular complexity index is 372. The summed E-state index contributed by atoms with van der Waals surface area (Å²) in [6.45, 7) is 0. The van der Waals surface area contributed by atoms with Crippen LogP contribution in [0.1, 0.15) is 5.69 Å². The molecule has 2 nitrogen and oxygen atoms in total. The molecule has 0 saturated heterocycles. The highest BCUT2D eigenvalue weighted by Gasteiger charge is 2.30. The zero-order valence-electron chi connectivity index (χ0n) is 6.29. The number of hydrogen-bond acceptors (Lipinski definition) is 2. The lowest BCUT2D eigenvalue weighted by Crippen LogP contribution is -2.08. The summed E-state index contributed by atoms with van der Waals surface area (Å²) in [6.07, 6.45) is 0. The predicted molar refractivity (Wildman–Crippen MR) is 62.9 cm³/mol. The van der Waals surface area contributed by atoms with Gasteiger partial charge in [-0.25, -0.2) is 4.98 Å². The highest BCUT2D eigenvalue weighted by Crippen LogP contribution is 2.45. The van der Waals surface area contributed by atoms with Crippen LogP contribution < -0.4 is 5.73 Å². The number of pyridine rings is 1. The van der Waals surface area contributed by atoms with E-state index in [0.717, 1.165) is 0 Å². The second-order valence-electron chi connectivity index (χ2n) is 2.29. The lowest BCUT2D eigenvalue weighted by Gasteiger charge is -2.14. The van der Waals surface area contributed by atoms with Crippen LogP contribution in [0.4, 0.5) is 5.82 Å². The summed E-state index contributed by atoms with van der Waals surface area (Å²) in [7, 11) is 0. The van der Waals surface area contributed by atoms with Crippen LogP contribution in [0.15, 0.2) is 0 Å². The van der Waals surface area contributed by atoms with E-state index in [0.29, 0.717) is 0 Å². The number of halogens is 6. The number of aromatic nitrogens is 1. The molecule has 0 atom stereocenters. The van der Waals surface area contributed by atoms with Crippen LogP contribution >= 0.6 is 69.6 Å². The lowest BCUT2D eigenvalue weighted by molar-refractivity contribution is 1.09. The Morgan fingerprint density at radius 1 is 0.929 bits per heavy atom. The van der Waals surface area contributed by atoms with Crippen LogP contribution in [0.3, 0.4) is 0 Å². The third-order valence-corrected chi connectivity index (χ3v) is 3.18. The van der Waals surface area contributed by atoms with Crippen molar-refractivity contribution in [2.24, 2.45) is 0 Å². The van der Waals surface area contributed by atoms with E-state index in [1.165, 1.54) is 0 Å². The molecule has 0 saturated carbocycles. The zero-order chi connectivity index (χ0) is 11.1. The van der Waals surface area contributed by atoms with Gasteiger partial charge in [-0.3, -0.25) is 0 Å². The molecule has 0 bridgehead atoms. The van der Waals surface area contributed by atoms with Crippen LogP contribution in [0.5, 0.6) is 0 Å². The van der Waals surface area contributed by atoms with Gasteiger partial charge >= 0.3 is 0 Å². The molecule has 0 radical (unpaired) electrons. The van der Waals surface area contributed by atoms with Crippen molar-refractivity contribution >= 4 is 75.4 Å². The van der Waals surface area contributed by atoms with Crippen LogP contribution in [0.25, 0.3) is 0 Å². The maximum atomic E-state index is 5.77. The van der Waals surface area contributed by atoms with Crippen molar-refractivity contribution in [3.63, 3.8) is 0 Å². The Morgan fingerprint density at radius 3 is 1.86 bits per heavy atom. The van der Waals surface area contributed by atoms with Crippen molar-refractivity contribution in [1.29, 1.82) is 0 Å². The van der Waals surface area contributed by atoms with E-state index in [9.17, 15) is 0 Å². The minimum absolute atomic E-state index is 0.0159. The summed E-state index contributed by atoms with van der Waals surface area (Å²) < 4.78 is -1.79. The number of alkyl halides is 3. The molecule has 0 aromatic carbocycles. The standard InChI is InChI=1S/C6H2Cl6N2/c7-1-2(8)4(6(10,11)12)14-5(13)3(1)9/h(H2,13,14). The predicted octanol–water partition coefficient (Wildman–Crippen LogP) is 4.45. The number of nitrogens with two attached hydrogens (primary N) is 1. The van der Waals surface area contributed by atoms with Crippen molar-refractivity contribution in [2.45, 2.75) is 3.79 Å². The molecule has 0 fully saturated rings. The average Bonchev–Trinajstić information content (AvgIpc) is 2.06. The van der Waals surface area contributed by atoms with Crippen LogP contribution in [0.2, 0.25) is 15.1 Å². The molecule has 2 N–H and O–H groups in total. The van der Waals surface area contributed by atoms with Gasteiger partial charge in [0.25, 0.3) is 0 Å². The maximum absolute atomic E-state index is 5.77. The molecule has 1 rings (SSSR count). The molecule has 0 amide bonds. The number of hydrogen-bond donors (Lipinski definition) is 1. The average molecular weight is 315 g/mol. The molecular weight excluding hydrogens is 313 g/mol. The molecule has 0 spiro atoms. The number of anilines is 1. The number of rotatable bonds is 0. The summed E-state index contributed by atoms with van der Waals surface area (Å²) in [4.78, 5) is 3.74. The van der Waals surface area contributed by atoms with Gasteiger partial charge in [-0.15, -0.1) is 0 Å². The summed E-state index contributed by atoms with van der Waals surface area (Å²) in [6, 6.07) is 0. The second-order valence-corrected chi connectivity index (χ2v) is 5.70. The van der Waals surface area contributed by atoms with Gasteiger partial charge in [-0.1, -0.05) is 69.6 Å². The number of nitrogens with zero attached hydrogens (tertiary/aromatic N) is 1. The first-order chi connectivity index (χ1) is 6.25. The quantitative estimate of drug-likeness (QED) is 0.718. The van der Waals surface area contributed by atoms with Gasteiger partial charge in [0.15, 0.2) is 0 Å². The van der Waals surface area contributed by atoms with Crippen LogP contribution in [-0.2, 0) is 3.79 Å². The summed E-state index contributed by atoms with van der Waals surface area (Å²) in [5, 5.41) is 0.0303. The normalized spacial score (nSPS) is 11.9. The molecule has 8 heteroatoms. The smallest absolute Gasteiger partial charge is 0.234 e. The molecule has 0 aliphatic heterocycles. The largest absolute Gasteiger partial charge is 0.382 e. The maximum Gasteiger partial charge on any atom is 0.234 e. The van der Waals surface area contributed by atoms with Gasteiger partial charge in [0.1, 0.15) is 16.5 Å². The van der Waals surface area contributed by atoms with Gasteiger partial charge in [0.2, 0.25) is 3.79 Å². The Morgan fingerprint density at radius 2 is 1.43 bits per heavy atom. The fourth-order valence-corrected chi connectivity index (χ4v) is 1.92. The van der Waals surface area contributed by atoms with Crippen molar-refractivity contribution < 1.29 is 0 Å². The molecule has 0 aliphatic rings. The molecular formula is C6H2Cl6N2. The van der Waals surface area contributed by atoms with Gasteiger partial charge in [0.05, 0.1) is 10.0 Å². The second kappa shape index (κ2) is 4.28. The van der Waals surface area contributed by atoms with E-state index in [4.69, 9.17) is 75.3 Å². The minimum Gasteiger partial charge on any atom is -0.382 e. The molecule has 78 valence electrons. The summed E-state index contributed by atoms with van der Waals surface area (Å²) in [5.41, 5.74) is 5.38. The Hall–Kier alpha value is 0.690. The highest BCUT2D eigenvalue weighted by atomic mass is 35.6. The van der Waals surface area contributed by atoms with E-state index < -0.39 is 3.79 Å². The topological polar surface area (TPSA) is 38.9 Å². The molecule has 1 aromatic heterocycles.